The molecule has 4 fully saturated rings. The van der Waals surface area contributed by atoms with Crippen molar-refractivity contribution in [2.45, 2.75) is 179 Å². The van der Waals surface area contributed by atoms with Crippen LogP contribution in [0.2, 0.25) is 0 Å². The Kier molecular flexibility index (Phi) is 32.7. The molecule has 4 aliphatic rings. The van der Waals surface area contributed by atoms with Crippen LogP contribution in [0, 0.1) is 23.7 Å². The number of carbonyl (C=O) groups is 8. The van der Waals surface area contributed by atoms with Crippen LogP contribution in [-0.4, -0.2) is 219 Å². The predicted molar refractivity (Wildman–Crippen MR) is 484 cm³/mol. The van der Waals surface area contributed by atoms with E-state index in [1.807, 2.05) is 13.8 Å². The SMILES string of the molecule is C[C@H]1[C@H](C)[C@@H](CN=[N+]=[N-])O[C@@H](OCc2cn(C[C@H]3O[C@@H](OCc4cn(CCn5cc(CO[C@H]6O[C@@H](Cn7cc(CO[C@H]8O[C@@H](CN=[N+]=[N-])[C@H](OC(=O)c9ccccc9)[C@@H](OC(=O)c9ccccc9)[C@H]8OC(=O)c8ccccc8)nn7)[C@@H](OC(=O)c7ccccc7)[C@@H](OC(=O)c7ccccc7)[C@H]6C)nn5)nn4)[C@@H](OC(=O)c4ccccc4)[C@@H](OC(=O)c4ccccc4)[C@@H]3C)nn2)[C@H]1OC(=O)c1ccccc1. The summed E-state index contributed by atoms with van der Waals surface area (Å²) in [6.07, 6.45) is -14.5. The molecule has 8 heterocycles. The molecule has 4 saturated heterocycles. The number of benzene rings is 8. The first-order chi connectivity index (χ1) is 68.2. The molecule has 0 saturated carbocycles. The zero-order chi connectivity index (χ0) is 97.4. The zero-order valence-corrected chi connectivity index (χ0v) is 75.9. The number of azide groups is 2. The Balaban J connectivity index is 0.611. The lowest BCUT2D eigenvalue weighted by Crippen LogP contribution is -2.62. The zero-order valence-electron chi connectivity index (χ0n) is 75.9. The molecule has 0 radical (unpaired) electrons. The fraction of sp³-hybridized carbons (Fsp3) is 0.347. The molecule has 20 atom stereocenters. The standard InChI is InChI=1S/C98H96N18O24/c1-59-60(2)81(135-89(119)65-33-17-7-18-34-65)96(129-75(59)47-101-107-99)126-57-73-51-115(111-105-73)53-77-61(3)79(133-87(117)63-29-13-5-14-30-63)85(139-93(123)69-41-25-11-26-42-69)97(131-77)127-56-72-50-114(110-104-72)46-45-113-49-71(103-109-113)55-125-95-62(4)80(134-88(118)64-31-15-6-16-32-64)83(137-91(121)67-37-21-9-22-38-67)78(132-95)54-116-52-74(106-112-116)58-128-98-86(140-94(124)70-43-27-12-28-44-70)84(138-92(122)68-39-23-10-24-40-68)82(76(130-98)48-102-108-100)136-90(120)66-35-19-8-20-36-66/h5-44,49-52,59-62,75-86,95-98H,45-48,53-58H2,1-4H3/t59-,60-,61+,62+,75+,76-,77+,78-,79-,80-,81-,82-,83+,84+,85-,86+,95-,96+,97+,98-/m0/s1. The summed E-state index contributed by atoms with van der Waals surface area (Å²) in [4.78, 5) is 119. The van der Waals surface area contributed by atoms with Gasteiger partial charge in [0.05, 0.1) is 147 Å². The van der Waals surface area contributed by atoms with Crippen LogP contribution in [0.1, 0.15) is 133 Å². The first-order valence-electron chi connectivity index (χ1n) is 45.0. The van der Waals surface area contributed by atoms with Gasteiger partial charge < -0.3 is 75.8 Å². The van der Waals surface area contributed by atoms with Crippen molar-refractivity contribution in [3.05, 3.63) is 356 Å². The third-order valence-electron chi connectivity index (χ3n) is 23.9. The molecule has 12 aromatic rings. The third kappa shape index (κ3) is 24.8. The normalized spacial score (nSPS) is 24.2. The van der Waals surface area contributed by atoms with Crippen LogP contribution in [0.5, 0.6) is 0 Å². The molecular formula is C98H96N18O24. The van der Waals surface area contributed by atoms with Gasteiger partial charge in [-0.1, -0.05) is 204 Å². The molecule has 42 heteroatoms. The molecule has 4 aliphatic heterocycles. The number of esters is 8. The van der Waals surface area contributed by atoms with Gasteiger partial charge in [-0.15, -0.1) is 20.4 Å². The van der Waals surface area contributed by atoms with E-state index in [0.29, 0.717) is 22.6 Å². The van der Waals surface area contributed by atoms with Gasteiger partial charge >= 0.3 is 47.8 Å². The lowest BCUT2D eigenvalue weighted by molar-refractivity contribution is -0.295. The fourth-order valence-electron chi connectivity index (χ4n) is 16.3. The summed E-state index contributed by atoms with van der Waals surface area (Å²) >= 11 is 0. The minimum absolute atomic E-state index is 0.000480. The number of hydrogen-bond donors (Lipinski definition) is 0. The number of nitrogens with zero attached hydrogens (tertiary/aromatic N) is 18. The quantitative estimate of drug-likeness (QED) is 0.0113. The largest absolute Gasteiger partial charge is 0.454 e. The third-order valence-corrected chi connectivity index (χ3v) is 23.9. The highest BCUT2D eigenvalue weighted by atomic mass is 16.7. The van der Waals surface area contributed by atoms with Gasteiger partial charge in [-0.05, 0) is 114 Å². The summed E-state index contributed by atoms with van der Waals surface area (Å²) in [7, 11) is 0. The molecule has 16 rings (SSSR count). The van der Waals surface area contributed by atoms with Crippen LogP contribution in [0.4, 0.5) is 0 Å². The number of aryl methyl sites for hydroxylation is 2. The highest BCUT2D eigenvalue weighted by molar-refractivity contribution is 5.93. The van der Waals surface area contributed by atoms with Crippen molar-refractivity contribution in [1.82, 2.24) is 60.0 Å². The second kappa shape index (κ2) is 47.0. The Morgan fingerprint density at radius 1 is 0.279 bits per heavy atom. The Labute approximate surface area is 799 Å². The maximum Gasteiger partial charge on any atom is 0.338 e. The monoisotopic (exact) mass is 1910 g/mol. The van der Waals surface area contributed by atoms with Gasteiger partial charge in [-0.25, -0.2) is 47.7 Å². The Hall–Kier alpha value is -15.6. The second-order valence-corrected chi connectivity index (χ2v) is 33.4. The van der Waals surface area contributed by atoms with Crippen LogP contribution < -0.4 is 0 Å². The van der Waals surface area contributed by atoms with Gasteiger partial charge in [0.1, 0.15) is 47.2 Å². The van der Waals surface area contributed by atoms with Crippen LogP contribution >= 0.6 is 0 Å². The molecule has 722 valence electrons. The molecule has 0 bridgehead atoms. The number of rotatable bonds is 39. The minimum atomic E-state index is -1.72. The summed E-state index contributed by atoms with van der Waals surface area (Å²) in [6.45, 7) is 5.70. The molecular weight excluding hydrogens is 1810 g/mol. The smallest absolute Gasteiger partial charge is 0.338 e. The average molecular weight is 1910 g/mol. The Morgan fingerprint density at radius 3 is 0.886 bits per heavy atom. The van der Waals surface area contributed by atoms with E-state index >= 15 is 0 Å². The van der Waals surface area contributed by atoms with E-state index in [1.165, 1.54) is 56.6 Å². The number of ether oxygens (including phenoxy) is 16. The van der Waals surface area contributed by atoms with Crippen LogP contribution in [0.3, 0.4) is 0 Å². The van der Waals surface area contributed by atoms with Crippen molar-refractivity contribution in [2.24, 2.45) is 33.9 Å². The van der Waals surface area contributed by atoms with E-state index in [-0.39, 0.29) is 109 Å². The molecule has 42 nitrogen and oxygen atoms in total. The van der Waals surface area contributed by atoms with Crippen LogP contribution in [-0.2, 0) is 128 Å². The first-order valence-corrected chi connectivity index (χ1v) is 45.0. The lowest BCUT2D eigenvalue weighted by Gasteiger charge is -2.44. The highest BCUT2D eigenvalue weighted by Gasteiger charge is 2.55. The molecule has 0 amide bonds. The van der Waals surface area contributed by atoms with Crippen LogP contribution in [0.15, 0.2) is 278 Å². The highest BCUT2D eigenvalue weighted by Crippen LogP contribution is 2.40. The molecule has 8 aromatic carbocycles. The molecule has 0 N–H and O–H groups in total. The average Bonchev–Trinajstić information content (AvgIpc) is 0.974. The van der Waals surface area contributed by atoms with Gasteiger partial charge in [0.2, 0.25) is 0 Å². The van der Waals surface area contributed by atoms with Crippen molar-refractivity contribution in [3.63, 3.8) is 0 Å². The molecule has 0 unspecified atom stereocenters. The van der Waals surface area contributed by atoms with Gasteiger partial charge in [-0.3, -0.25) is 9.36 Å². The predicted octanol–water partition coefficient (Wildman–Crippen LogP) is 12.1. The molecule has 0 aliphatic carbocycles. The van der Waals surface area contributed by atoms with E-state index < -0.39 is 171 Å². The number of carbonyl (C=O) groups excluding carboxylic acids is 8. The molecule has 140 heavy (non-hydrogen) atoms. The van der Waals surface area contributed by atoms with E-state index in [9.17, 15) is 49.4 Å². The van der Waals surface area contributed by atoms with E-state index in [4.69, 9.17) is 75.8 Å². The Bertz CT molecular complexity index is 6270. The summed E-state index contributed by atoms with van der Waals surface area (Å²) in [5.41, 5.74) is 21.3. The van der Waals surface area contributed by atoms with Gasteiger partial charge in [0, 0.05) is 27.6 Å². The van der Waals surface area contributed by atoms with E-state index in [2.05, 4.69) is 61.3 Å². The summed E-state index contributed by atoms with van der Waals surface area (Å²) in [5, 5.41) is 42.7. The summed E-state index contributed by atoms with van der Waals surface area (Å²) in [5.74, 6) is -8.48. The van der Waals surface area contributed by atoms with E-state index in [0.717, 1.165) is 0 Å². The fourth-order valence-corrected chi connectivity index (χ4v) is 16.3. The molecule has 0 spiro atoms. The maximum absolute atomic E-state index is 14.4. The van der Waals surface area contributed by atoms with Gasteiger partial charge in [0.15, 0.2) is 61.8 Å². The first kappa shape index (κ1) is 97.5. The van der Waals surface area contributed by atoms with Crippen molar-refractivity contribution >= 4 is 47.8 Å². The maximum atomic E-state index is 14.4. The Morgan fingerprint density at radius 2 is 0.529 bits per heavy atom. The number of hydrogen-bond acceptors (Lipinski definition) is 34. The van der Waals surface area contributed by atoms with E-state index in [1.54, 1.807) is 243 Å². The van der Waals surface area contributed by atoms with Crippen molar-refractivity contribution in [1.29, 1.82) is 0 Å². The molecule has 4 aromatic heterocycles. The van der Waals surface area contributed by atoms with Gasteiger partial charge in [-0.2, -0.15) is 0 Å². The van der Waals surface area contributed by atoms with Crippen molar-refractivity contribution < 1.29 is 114 Å². The lowest BCUT2D eigenvalue weighted by atomic mass is 9.83. The van der Waals surface area contributed by atoms with Crippen LogP contribution in [0.25, 0.3) is 20.9 Å². The topological polar surface area (TPSA) is 505 Å². The van der Waals surface area contributed by atoms with Crippen molar-refractivity contribution in [2.75, 3.05) is 13.1 Å². The summed E-state index contributed by atoms with van der Waals surface area (Å²) in [6, 6.07) is 65.0. The number of aromatic nitrogens is 12. The second-order valence-electron chi connectivity index (χ2n) is 33.4. The van der Waals surface area contributed by atoms with Gasteiger partial charge in [0.25, 0.3) is 0 Å². The van der Waals surface area contributed by atoms with Crippen molar-refractivity contribution in [3.8, 4) is 0 Å². The minimum Gasteiger partial charge on any atom is -0.454 e. The summed E-state index contributed by atoms with van der Waals surface area (Å²) < 4.78 is 108.